The summed E-state index contributed by atoms with van der Waals surface area (Å²) in [7, 11) is 5.60. The van der Waals surface area contributed by atoms with Gasteiger partial charge in [-0.25, -0.2) is 0 Å². The van der Waals surface area contributed by atoms with E-state index >= 15 is 0 Å². The largest absolute Gasteiger partial charge is 0.872 e. The number of hydrogen-bond donors (Lipinski definition) is 1. The van der Waals surface area contributed by atoms with Gasteiger partial charge in [0.05, 0.1) is 47.0 Å². The number of hydrogen-bond acceptors (Lipinski definition) is 6. The smallest absolute Gasteiger partial charge is 0.295 e. The van der Waals surface area contributed by atoms with Gasteiger partial charge < -0.3 is 29.1 Å². The van der Waals surface area contributed by atoms with E-state index in [-0.39, 0.29) is 5.57 Å². The van der Waals surface area contributed by atoms with Crippen LogP contribution in [-0.4, -0.2) is 64.1 Å². The second-order valence-electron chi connectivity index (χ2n) is 10.3. The number of benzene rings is 2. The predicted molar refractivity (Wildman–Crippen MR) is 144 cm³/mol. The number of carbonyl (C=O) groups is 2. The minimum absolute atomic E-state index is 0.0441. The second kappa shape index (κ2) is 12.8. The van der Waals surface area contributed by atoms with E-state index in [1.807, 2.05) is 27.9 Å². The first kappa shape index (κ1) is 29.0. The first-order valence-electron chi connectivity index (χ1n) is 13.2. The Balaban J connectivity index is 2.11. The van der Waals surface area contributed by atoms with Crippen LogP contribution in [0.25, 0.3) is 5.76 Å². The van der Waals surface area contributed by atoms with Crippen molar-refractivity contribution in [2.75, 3.05) is 47.5 Å². The summed E-state index contributed by atoms with van der Waals surface area (Å²) in [6, 6.07) is 9.67. The molecular weight excluding hydrogens is 484 g/mol. The molecule has 0 spiro atoms. The SMILES string of the molecule is CCOc1ccc(C2C(=C([O-])c3ccc(OCC(C)C)cc3C)C(=O)C(=O)N2CCC[NH+](C)C)cc1OC. The van der Waals surface area contributed by atoms with E-state index in [2.05, 4.69) is 13.8 Å². The number of Topliss-reactive ketones (excluding diaryl/α,β-unsaturated/α-hetero) is 1. The van der Waals surface area contributed by atoms with Gasteiger partial charge in [0.2, 0.25) is 5.78 Å². The predicted octanol–water partition coefficient (Wildman–Crippen LogP) is 2.20. The highest BCUT2D eigenvalue weighted by Crippen LogP contribution is 2.42. The molecule has 0 bridgehead atoms. The number of amides is 1. The van der Waals surface area contributed by atoms with Crippen LogP contribution < -0.4 is 24.2 Å². The lowest BCUT2D eigenvalue weighted by Gasteiger charge is -2.28. The van der Waals surface area contributed by atoms with Gasteiger partial charge in [-0.2, -0.15) is 0 Å². The molecule has 2 aromatic rings. The molecule has 1 N–H and O–H groups in total. The topological polar surface area (TPSA) is 92.6 Å². The summed E-state index contributed by atoms with van der Waals surface area (Å²) in [5.74, 6) is 0.184. The number of methoxy groups -OCH3 is 1. The van der Waals surface area contributed by atoms with Crippen LogP contribution in [0, 0.1) is 12.8 Å². The van der Waals surface area contributed by atoms with Gasteiger partial charge in [0.15, 0.2) is 11.5 Å². The number of carbonyl (C=O) groups excluding carboxylic acids is 2. The molecule has 206 valence electrons. The summed E-state index contributed by atoms with van der Waals surface area (Å²) < 4.78 is 17.0. The van der Waals surface area contributed by atoms with E-state index in [0.29, 0.717) is 66.0 Å². The number of quaternary nitrogens is 1. The van der Waals surface area contributed by atoms with Crippen LogP contribution in [0.4, 0.5) is 0 Å². The van der Waals surface area contributed by atoms with E-state index < -0.39 is 23.5 Å². The summed E-state index contributed by atoms with van der Waals surface area (Å²) in [6.45, 7) is 10.00. The average Bonchev–Trinajstić information content (AvgIpc) is 3.12. The Bertz CT molecular complexity index is 1190. The molecule has 0 saturated carbocycles. The maximum Gasteiger partial charge on any atom is 0.295 e. The van der Waals surface area contributed by atoms with Crippen LogP contribution in [-0.2, 0) is 9.59 Å². The van der Waals surface area contributed by atoms with Crippen molar-refractivity contribution in [3.63, 3.8) is 0 Å². The van der Waals surface area contributed by atoms with Crippen molar-refractivity contribution in [3.05, 3.63) is 58.7 Å². The van der Waals surface area contributed by atoms with Crippen LogP contribution in [0.15, 0.2) is 42.0 Å². The third-order valence-corrected chi connectivity index (χ3v) is 6.43. The maximum atomic E-state index is 13.9. The standard InChI is InChI=1S/C30H40N2O6/c1-8-37-24-13-10-21(17-25(24)36-7)27-26(29(34)30(35)32(27)15-9-14-31(5)6)28(33)23-12-11-22(16-20(23)4)38-18-19(2)3/h10-13,16-17,19,27,33H,8-9,14-15,18H2,1-7H3. The number of likely N-dealkylation sites (tertiary alicyclic amines) is 1. The van der Waals surface area contributed by atoms with E-state index in [1.165, 1.54) is 16.9 Å². The number of nitrogens with one attached hydrogen (secondary N) is 1. The van der Waals surface area contributed by atoms with Gasteiger partial charge in [-0.15, -0.1) is 0 Å². The summed E-state index contributed by atoms with van der Waals surface area (Å²) in [4.78, 5) is 29.4. The first-order valence-corrected chi connectivity index (χ1v) is 13.2. The van der Waals surface area contributed by atoms with E-state index in [4.69, 9.17) is 14.2 Å². The number of aryl methyl sites for hydroxylation is 1. The zero-order valence-electron chi connectivity index (χ0n) is 23.6. The minimum atomic E-state index is -0.819. The molecule has 1 heterocycles. The summed E-state index contributed by atoms with van der Waals surface area (Å²) in [5.41, 5.74) is 1.64. The molecule has 1 atom stereocenters. The molecule has 1 unspecified atom stereocenters. The molecule has 8 nitrogen and oxygen atoms in total. The van der Waals surface area contributed by atoms with Crippen LogP contribution in [0.5, 0.6) is 17.2 Å². The van der Waals surface area contributed by atoms with Crippen LogP contribution in [0.2, 0.25) is 0 Å². The molecule has 1 saturated heterocycles. The molecule has 0 aromatic heterocycles. The lowest BCUT2D eigenvalue weighted by molar-refractivity contribution is -0.858. The molecule has 38 heavy (non-hydrogen) atoms. The third-order valence-electron chi connectivity index (χ3n) is 6.43. The van der Waals surface area contributed by atoms with Crippen molar-refractivity contribution < 1.29 is 33.8 Å². The number of nitrogens with zero attached hydrogens (tertiary/aromatic N) is 1. The van der Waals surface area contributed by atoms with Crippen molar-refractivity contribution in [3.8, 4) is 17.2 Å². The molecule has 1 aliphatic rings. The molecule has 0 aliphatic carbocycles. The van der Waals surface area contributed by atoms with Gasteiger partial charge in [0.25, 0.3) is 5.91 Å². The van der Waals surface area contributed by atoms with Gasteiger partial charge in [-0.3, -0.25) is 9.59 Å². The summed E-state index contributed by atoms with van der Waals surface area (Å²) >= 11 is 0. The monoisotopic (exact) mass is 524 g/mol. The van der Waals surface area contributed by atoms with Gasteiger partial charge in [-0.05, 0) is 60.7 Å². The van der Waals surface area contributed by atoms with Gasteiger partial charge in [-0.1, -0.05) is 31.7 Å². The van der Waals surface area contributed by atoms with Crippen molar-refractivity contribution in [2.24, 2.45) is 5.92 Å². The number of ketones is 1. The van der Waals surface area contributed by atoms with Gasteiger partial charge in [0, 0.05) is 18.5 Å². The lowest BCUT2D eigenvalue weighted by Crippen LogP contribution is -3.05. The lowest BCUT2D eigenvalue weighted by atomic mass is 9.93. The second-order valence-corrected chi connectivity index (χ2v) is 10.3. The highest BCUT2D eigenvalue weighted by molar-refractivity contribution is 6.46. The van der Waals surface area contributed by atoms with E-state index in [0.717, 1.165) is 6.54 Å². The molecule has 1 amide bonds. The molecular formula is C30H40N2O6. The van der Waals surface area contributed by atoms with Crippen molar-refractivity contribution in [2.45, 2.75) is 40.2 Å². The van der Waals surface area contributed by atoms with Crippen molar-refractivity contribution in [1.82, 2.24) is 4.90 Å². The Labute approximate surface area is 225 Å². The Morgan fingerprint density at radius 2 is 1.82 bits per heavy atom. The highest BCUT2D eigenvalue weighted by atomic mass is 16.5. The zero-order valence-corrected chi connectivity index (χ0v) is 23.6. The Morgan fingerprint density at radius 3 is 2.42 bits per heavy atom. The molecule has 1 aliphatic heterocycles. The maximum absolute atomic E-state index is 13.9. The summed E-state index contributed by atoms with van der Waals surface area (Å²) in [6.07, 6.45) is 0.689. The Morgan fingerprint density at radius 1 is 1.08 bits per heavy atom. The highest BCUT2D eigenvalue weighted by Gasteiger charge is 2.44. The van der Waals surface area contributed by atoms with Crippen molar-refractivity contribution in [1.29, 1.82) is 0 Å². The molecule has 0 radical (unpaired) electrons. The zero-order chi connectivity index (χ0) is 28.0. The van der Waals surface area contributed by atoms with Gasteiger partial charge in [0.1, 0.15) is 5.75 Å². The molecule has 1 fully saturated rings. The van der Waals surface area contributed by atoms with Crippen LogP contribution in [0.3, 0.4) is 0 Å². The fourth-order valence-corrected chi connectivity index (χ4v) is 4.57. The molecule has 3 rings (SSSR count). The van der Waals surface area contributed by atoms with Crippen LogP contribution >= 0.6 is 0 Å². The van der Waals surface area contributed by atoms with E-state index in [9.17, 15) is 14.7 Å². The van der Waals surface area contributed by atoms with Crippen LogP contribution in [0.1, 0.15) is 49.9 Å². The Kier molecular flexibility index (Phi) is 9.80. The summed E-state index contributed by atoms with van der Waals surface area (Å²) in [5, 5.41) is 13.9. The minimum Gasteiger partial charge on any atom is -0.872 e. The number of ether oxygens (including phenoxy) is 3. The molecule has 2 aromatic carbocycles. The normalized spacial score (nSPS) is 17.0. The van der Waals surface area contributed by atoms with Crippen molar-refractivity contribution >= 4 is 17.4 Å². The first-order chi connectivity index (χ1) is 18.1. The van der Waals surface area contributed by atoms with E-state index in [1.54, 1.807) is 36.4 Å². The average molecular weight is 525 g/mol. The third kappa shape index (κ3) is 6.48. The fourth-order valence-electron chi connectivity index (χ4n) is 4.57. The quantitative estimate of drug-likeness (QED) is 0.260. The number of rotatable bonds is 12. The molecule has 8 heteroatoms. The Hall–Kier alpha value is -3.52. The fraction of sp³-hybridized carbons (Fsp3) is 0.467. The van der Waals surface area contributed by atoms with Gasteiger partial charge >= 0.3 is 0 Å².